The van der Waals surface area contributed by atoms with Gasteiger partial charge in [0.25, 0.3) is 5.56 Å². The number of rotatable bonds is 5. The lowest BCUT2D eigenvalue weighted by Crippen LogP contribution is -2.31. The van der Waals surface area contributed by atoms with Crippen molar-refractivity contribution < 1.29 is 0 Å². The number of anilines is 1. The Morgan fingerprint density at radius 2 is 2.24 bits per heavy atom. The van der Waals surface area contributed by atoms with Crippen molar-refractivity contribution in [3.8, 4) is 12.3 Å². The smallest absolute Gasteiger partial charge is 0.284 e. The van der Waals surface area contributed by atoms with Gasteiger partial charge in [-0.1, -0.05) is 5.92 Å². The molecule has 0 bridgehead atoms. The van der Waals surface area contributed by atoms with E-state index in [2.05, 4.69) is 44.2 Å². The third-order valence-electron chi connectivity index (χ3n) is 3.93. The largest absolute Gasteiger partial charge is 0.383 e. The zero-order chi connectivity index (χ0) is 15.2. The Kier molecular flexibility index (Phi) is 5.83. The van der Waals surface area contributed by atoms with Gasteiger partial charge in [-0.3, -0.25) is 4.79 Å². The molecule has 0 atom stereocenters. The van der Waals surface area contributed by atoms with Crippen molar-refractivity contribution in [2.45, 2.75) is 25.8 Å². The van der Waals surface area contributed by atoms with Gasteiger partial charge in [0.1, 0.15) is 11.0 Å². The number of nitrogens with one attached hydrogen (secondary N) is 1. The highest BCUT2D eigenvalue weighted by atomic mass is 79.9. The summed E-state index contributed by atoms with van der Waals surface area (Å²) in [6.45, 7) is 3.40. The van der Waals surface area contributed by atoms with Gasteiger partial charge in [0.2, 0.25) is 0 Å². The van der Waals surface area contributed by atoms with Crippen LogP contribution in [0, 0.1) is 18.3 Å². The molecule has 114 valence electrons. The molecule has 0 aromatic carbocycles. The summed E-state index contributed by atoms with van der Waals surface area (Å²) in [5.74, 6) is 3.18. The molecule has 1 saturated heterocycles. The van der Waals surface area contributed by atoms with E-state index in [0.717, 1.165) is 24.6 Å². The zero-order valence-corrected chi connectivity index (χ0v) is 13.9. The third-order valence-corrected chi connectivity index (χ3v) is 4.70. The molecule has 2 rings (SSSR count). The number of likely N-dealkylation sites (tertiary alicyclic amines) is 1. The first-order chi connectivity index (χ1) is 10.1. The quantitative estimate of drug-likeness (QED) is 0.820. The van der Waals surface area contributed by atoms with Crippen LogP contribution in [-0.2, 0) is 6.54 Å². The second kappa shape index (κ2) is 7.62. The predicted molar refractivity (Wildman–Crippen MR) is 88.4 cm³/mol. The Hall–Kier alpha value is -1.32. The van der Waals surface area contributed by atoms with Crippen molar-refractivity contribution in [1.29, 1.82) is 0 Å². The molecule has 1 aliphatic heterocycles. The van der Waals surface area contributed by atoms with Crippen LogP contribution in [-0.4, -0.2) is 41.4 Å². The Bertz CT molecular complexity index is 570. The standard InChI is InChI=1S/C15H21BrN4O/c1-3-8-20-15(21)14(16)13(11-18-20)17-7-4-12-5-9-19(2)10-6-12/h1,11-12,17H,4-10H2,2H3. The number of halogens is 1. The van der Waals surface area contributed by atoms with E-state index in [1.54, 1.807) is 6.20 Å². The summed E-state index contributed by atoms with van der Waals surface area (Å²) in [5, 5.41) is 7.36. The van der Waals surface area contributed by atoms with E-state index in [9.17, 15) is 4.79 Å². The Balaban J connectivity index is 1.88. The van der Waals surface area contributed by atoms with Gasteiger partial charge in [-0.2, -0.15) is 5.10 Å². The summed E-state index contributed by atoms with van der Waals surface area (Å²) in [5.41, 5.74) is 0.540. The molecule has 2 heterocycles. The molecule has 1 aromatic heterocycles. The molecular weight excluding hydrogens is 332 g/mol. The Labute approximate surface area is 133 Å². The highest BCUT2D eigenvalue weighted by molar-refractivity contribution is 9.10. The molecule has 0 unspecified atom stereocenters. The van der Waals surface area contributed by atoms with Crippen LogP contribution in [0.25, 0.3) is 0 Å². The molecule has 21 heavy (non-hydrogen) atoms. The van der Waals surface area contributed by atoms with Crippen molar-refractivity contribution in [1.82, 2.24) is 14.7 Å². The number of piperidine rings is 1. The highest BCUT2D eigenvalue weighted by Crippen LogP contribution is 2.21. The molecule has 1 aromatic rings. The van der Waals surface area contributed by atoms with Crippen molar-refractivity contribution in [2.24, 2.45) is 5.92 Å². The number of terminal acetylenes is 1. The number of nitrogens with zero attached hydrogens (tertiary/aromatic N) is 3. The first kappa shape index (κ1) is 16.1. The lowest BCUT2D eigenvalue weighted by molar-refractivity contribution is 0.215. The van der Waals surface area contributed by atoms with Gasteiger partial charge in [-0.15, -0.1) is 6.42 Å². The molecule has 0 aliphatic carbocycles. The lowest BCUT2D eigenvalue weighted by Gasteiger charge is -2.29. The molecule has 0 radical (unpaired) electrons. The number of hydrogen-bond acceptors (Lipinski definition) is 4. The van der Waals surface area contributed by atoms with Crippen molar-refractivity contribution in [2.75, 3.05) is 32.0 Å². The minimum atomic E-state index is -0.197. The number of aromatic nitrogens is 2. The molecule has 0 amide bonds. The fourth-order valence-corrected chi connectivity index (χ4v) is 3.00. The zero-order valence-electron chi connectivity index (χ0n) is 12.3. The van der Waals surface area contributed by atoms with Gasteiger partial charge >= 0.3 is 0 Å². The van der Waals surface area contributed by atoms with Crippen LogP contribution >= 0.6 is 15.9 Å². The minimum absolute atomic E-state index is 0.188. The summed E-state index contributed by atoms with van der Waals surface area (Å²) >= 11 is 3.32. The van der Waals surface area contributed by atoms with Gasteiger partial charge in [0.15, 0.2) is 0 Å². The van der Waals surface area contributed by atoms with Gasteiger partial charge in [0, 0.05) is 6.54 Å². The van der Waals surface area contributed by atoms with Crippen molar-refractivity contribution in [3.05, 3.63) is 21.0 Å². The van der Waals surface area contributed by atoms with E-state index in [4.69, 9.17) is 6.42 Å². The van der Waals surface area contributed by atoms with Crippen LogP contribution in [0.3, 0.4) is 0 Å². The van der Waals surface area contributed by atoms with Crippen LogP contribution in [0.15, 0.2) is 15.5 Å². The van der Waals surface area contributed by atoms with E-state index in [-0.39, 0.29) is 12.1 Å². The topological polar surface area (TPSA) is 50.2 Å². The molecular formula is C15H21BrN4O. The lowest BCUT2D eigenvalue weighted by atomic mass is 9.94. The average molecular weight is 353 g/mol. The first-order valence-electron chi connectivity index (χ1n) is 7.23. The van der Waals surface area contributed by atoms with E-state index >= 15 is 0 Å². The van der Waals surface area contributed by atoms with Gasteiger partial charge in [0.05, 0.1) is 11.9 Å². The monoisotopic (exact) mass is 352 g/mol. The van der Waals surface area contributed by atoms with Crippen LogP contribution in [0.2, 0.25) is 0 Å². The van der Waals surface area contributed by atoms with Crippen LogP contribution in [0.5, 0.6) is 0 Å². The molecule has 0 saturated carbocycles. The van der Waals surface area contributed by atoms with Crippen molar-refractivity contribution in [3.63, 3.8) is 0 Å². The fourth-order valence-electron chi connectivity index (χ4n) is 2.55. The van der Waals surface area contributed by atoms with Crippen molar-refractivity contribution >= 4 is 21.6 Å². The summed E-state index contributed by atoms with van der Waals surface area (Å²) in [6, 6.07) is 0. The molecule has 1 aliphatic rings. The molecule has 1 fully saturated rings. The second-order valence-corrected chi connectivity index (χ2v) is 6.29. The molecule has 0 spiro atoms. The normalized spacial score (nSPS) is 16.6. The number of hydrogen-bond donors (Lipinski definition) is 1. The second-order valence-electron chi connectivity index (χ2n) is 5.50. The minimum Gasteiger partial charge on any atom is -0.383 e. The van der Waals surface area contributed by atoms with Crippen LogP contribution in [0.4, 0.5) is 5.69 Å². The SMILES string of the molecule is C#CCn1ncc(NCCC2CCN(C)CC2)c(Br)c1=O. The summed E-state index contributed by atoms with van der Waals surface area (Å²) in [7, 11) is 2.17. The van der Waals surface area contributed by atoms with E-state index in [1.807, 2.05) is 0 Å². The maximum Gasteiger partial charge on any atom is 0.284 e. The summed E-state index contributed by atoms with van der Waals surface area (Å²) in [6.07, 6.45) is 10.5. The maximum absolute atomic E-state index is 12.0. The maximum atomic E-state index is 12.0. The average Bonchev–Trinajstić information content (AvgIpc) is 2.48. The van der Waals surface area contributed by atoms with E-state index in [0.29, 0.717) is 4.47 Å². The Morgan fingerprint density at radius 1 is 1.52 bits per heavy atom. The van der Waals surface area contributed by atoms with Gasteiger partial charge in [-0.05, 0) is 61.2 Å². The molecule has 1 N–H and O–H groups in total. The Morgan fingerprint density at radius 3 is 2.90 bits per heavy atom. The molecule has 6 heteroatoms. The summed E-state index contributed by atoms with van der Waals surface area (Å²) in [4.78, 5) is 14.4. The third kappa shape index (κ3) is 4.32. The summed E-state index contributed by atoms with van der Waals surface area (Å²) < 4.78 is 1.77. The fraction of sp³-hybridized carbons (Fsp3) is 0.600. The van der Waals surface area contributed by atoms with Gasteiger partial charge < -0.3 is 10.2 Å². The van der Waals surface area contributed by atoms with E-state index in [1.165, 1.54) is 30.6 Å². The molecule has 5 nitrogen and oxygen atoms in total. The first-order valence-corrected chi connectivity index (χ1v) is 8.02. The van der Waals surface area contributed by atoms with Crippen LogP contribution < -0.4 is 10.9 Å². The van der Waals surface area contributed by atoms with Crippen LogP contribution in [0.1, 0.15) is 19.3 Å². The van der Waals surface area contributed by atoms with E-state index < -0.39 is 0 Å². The highest BCUT2D eigenvalue weighted by Gasteiger charge is 2.16. The van der Waals surface area contributed by atoms with Gasteiger partial charge in [-0.25, -0.2) is 4.68 Å². The predicted octanol–water partition coefficient (Wildman–Crippen LogP) is 1.78.